The van der Waals surface area contributed by atoms with E-state index < -0.39 is 0 Å². The van der Waals surface area contributed by atoms with E-state index in [1.165, 1.54) is 19.3 Å². The Hall–Kier alpha value is -1.86. The lowest BCUT2D eigenvalue weighted by atomic mass is 10.0. The number of benzene rings is 1. The average molecular weight is 347 g/mol. The molecule has 1 atom stereocenters. The van der Waals surface area contributed by atoms with Gasteiger partial charge >= 0.3 is 0 Å². The molecule has 6 nitrogen and oxygen atoms in total. The molecule has 3 heterocycles. The summed E-state index contributed by atoms with van der Waals surface area (Å²) < 4.78 is 18.2. The van der Waals surface area contributed by atoms with Gasteiger partial charge in [0, 0.05) is 18.2 Å². The number of aromatic nitrogens is 2. The Morgan fingerprint density at radius 1 is 1.25 bits per heavy atom. The highest BCUT2D eigenvalue weighted by atomic mass is 32.1. The first-order valence-electron chi connectivity index (χ1n) is 8.46. The van der Waals surface area contributed by atoms with E-state index in [9.17, 15) is 0 Å². The predicted octanol–water partition coefficient (Wildman–Crippen LogP) is 3.82. The Bertz CT molecular complexity index is 786. The number of fused-ring (bicyclic) bond motifs is 1. The number of likely N-dealkylation sites (tertiary alicyclic amines) is 1. The largest absolute Gasteiger partial charge is 0.454 e. The standard InChI is InChI=1S/C17H21N3O3S/c1-2-13-5-3-4-8-19(13)10-20-17(24)23-16(18-20)12-6-7-14-15(9-12)22-11-21-14/h6-7,9,13H,2-5,8,10-11H2,1H3/t13-/m0/s1. The second kappa shape index (κ2) is 6.57. The Kier molecular flexibility index (Phi) is 4.28. The number of piperidine rings is 1. The highest BCUT2D eigenvalue weighted by Gasteiger charge is 2.22. The quantitative estimate of drug-likeness (QED) is 0.784. The third kappa shape index (κ3) is 2.93. The molecule has 1 aromatic carbocycles. The first-order valence-corrected chi connectivity index (χ1v) is 8.87. The van der Waals surface area contributed by atoms with Gasteiger partial charge in [-0.05, 0) is 49.7 Å². The van der Waals surface area contributed by atoms with Crippen molar-refractivity contribution in [3.8, 4) is 23.0 Å². The van der Waals surface area contributed by atoms with Crippen molar-refractivity contribution in [2.45, 2.75) is 45.3 Å². The number of hydrogen-bond donors (Lipinski definition) is 0. The molecule has 4 rings (SSSR count). The molecule has 0 aliphatic carbocycles. The Balaban J connectivity index is 1.57. The summed E-state index contributed by atoms with van der Waals surface area (Å²) in [6.45, 7) is 4.27. The molecule has 0 saturated carbocycles. The SMILES string of the molecule is CC[C@H]1CCCCN1Cn1nc(-c2ccc3c(c2)OCO3)oc1=S. The summed E-state index contributed by atoms with van der Waals surface area (Å²) in [5.74, 6) is 1.98. The Morgan fingerprint density at radius 3 is 3.00 bits per heavy atom. The van der Waals surface area contributed by atoms with Gasteiger partial charge in [-0.3, -0.25) is 4.90 Å². The van der Waals surface area contributed by atoms with Crippen molar-refractivity contribution in [2.24, 2.45) is 0 Å². The molecule has 128 valence electrons. The summed E-state index contributed by atoms with van der Waals surface area (Å²) in [5.41, 5.74) is 0.842. The molecule has 2 aromatic rings. The fourth-order valence-electron chi connectivity index (χ4n) is 3.42. The normalized spacial score (nSPS) is 20.5. The van der Waals surface area contributed by atoms with Gasteiger partial charge in [-0.15, -0.1) is 5.10 Å². The first kappa shape index (κ1) is 15.7. The molecule has 0 spiro atoms. The van der Waals surface area contributed by atoms with Gasteiger partial charge in [0.1, 0.15) is 0 Å². The van der Waals surface area contributed by atoms with Crippen LogP contribution in [0.25, 0.3) is 11.5 Å². The molecule has 0 bridgehead atoms. The van der Waals surface area contributed by atoms with Crippen LogP contribution in [0.5, 0.6) is 11.5 Å². The zero-order chi connectivity index (χ0) is 16.5. The van der Waals surface area contributed by atoms with E-state index in [1.54, 1.807) is 4.68 Å². The molecule has 24 heavy (non-hydrogen) atoms. The van der Waals surface area contributed by atoms with E-state index in [-0.39, 0.29) is 6.79 Å². The van der Waals surface area contributed by atoms with Gasteiger partial charge in [-0.1, -0.05) is 13.3 Å². The van der Waals surface area contributed by atoms with Crippen LogP contribution in [0.15, 0.2) is 22.6 Å². The topological polar surface area (TPSA) is 52.7 Å². The Labute approximate surface area is 146 Å². The maximum Gasteiger partial charge on any atom is 0.288 e. The van der Waals surface area contributed by atoms with E-state index in [1.807, 2.05) is 18.2 Å². The monoisotopic (exact) mass is 347 g/mol. The molecule has 7 heteroatoms. The minimum Gasteiger partial charge on any atom is -0.454 e. The fraction of sp³-hybridized carbons (Fsp3) is 0.529. The third-order valence-electron chi connectivity index (χ3n) is 4.76. The van der Waals surface area contributed by atoms with Gasteiger partial charge in [-0.2, -0.15) is 0 Å². The lowest BCUT2D eigenvalue weighted by Crippen LogP contribution is -2.40. The van der Waals surface area contributed by atoms with Crippen LogP contribution in [0.1, 0.15) is 32.6 Å². The van der Waals surface area contributed by atoms with Crippen LogP contribution in [-0.4, -0.2) is 34.1 Å². The van der Waals surface area contributed by atoms with E-state index >= 15 is 0 Å². The summed E-state index contributed by atoms with van der Waals surface area (Å²) in [6.07, 6.45) is 4.94. The number of nitrogens with zero attached hydrogens (tertiary/aromatic N) is 3. The van der Waals surface area contributed by atoms with Crippen molar-refractivity contribution in [1.82, 2.24) is 14.7 Å². The second-order valence-corrected chi connectivity index (χ2v) is 6.60. The lowest BCUT2D eigenvalue weighted by molar-refractivity contribution is 0.0994. The zero-order valence-electron chi connectivity index (χ0n) is 13.7. The zero-order valence-corrected chi connectivity index (χ0v) is 14.6. The summed E-state index contributed by atoms with van der Waals surface area (Å²) in [7, 11) is 0. The van der Waals surface area contributed by atoms with E-state index in [4.69, 9.17) is 26.1 Å². The summed E-state index contributed by atoms with van der Waals surface area (Å²) >= 11 is 5.37. The van der Waals surface area contributed by atoms with Crippen molar-refractivity contribution in [2.75, 3.05) is 13.3 Å². The molecule has 0 unspecified atom stereocenters. The maximum atomic E-state index is 5.71. The predicted molar refractivity (Wildman–Crippen MR) is 91.5 cm³/mol. The number of ether oxygens (including phenoxy) is 2. The van der Waals surface area contributed by atoms with E-state index in [2.05, 4.69) is 16.9 Å². The van der Waals surface area contributed by atoms with Gasteiger partial charge in [0.25, 0.3) is 4.84 Å². The van der Waals surface area contributed by atoms with Crippen LogP contribution in [0.3, 0.4) is 0 Å². The molecule has 2 aliphatic heterocycles. The van der Waals surface area contributed by atoms with E-state index in [0.717, 1.165) is 24.3 Å². The number of rotatable bonds is 4. The van der Waals surface area contributed by atoms with Gasteiger partial charge in [-0.25, -0.2) is 4.68 Å². The number of hydrogen-bond acceptors (Lipinski definition) is 6. The second-order valence-electron chi connectivity index (χ2n) is 6.25. The molecule has 1 aromatic heterocycles. The molecule has 0 N–H and O–H groups in total. The summed E-state index contributed by atoms with van der Waals surface area (Å²) in [4.78, 5) is 2.86. The molecular weight excluding hydrogens is 326 g/mol. The summed E-state index contributed by atoms with van der Waals surface area (Å²) in [6, 6.07) is 6.26. The molecule has 0 amide bonds. The smallest absolute Gasteiger partial charge is 0.288 e. The van der Waals surface area contributed by atoms with Crippen LogP contribution in [-0.2, 0) is 6.67 Å². The lowest BCUT2D eigenvalue weighted by Gasteiger charge is -2.34. The average Bonchev–Trinajstić information content (AvgIpc) is 3.21. The van der Waals surface area contributed by atoms with Gasteiger partial charge in [0.15, 0.2) is 11.5 Å². The molecular formula is C17H21N3O3S. The third-order valence-corrected chi connectivity index (χ3v) is 5.06. The molecule has 1 fully saturated rings. The molecule has 2 aliphatic rings. The van der Waals surface area contributed by atoms with Gasteiger partial charge in [0.05, 0.1) is 6.67 Å². The van der Waals surface area contributed by atoms with Crippen molar-refractivity contribution in [3.05, 3.63) is 23.0 Å². The molecule has 1 saturated heterocycles. The van der Waals surface area contributed by atoms with Crippen molar-refractivity contribution >= 4 is 12.2 Å². The van der Waals surface area contributed by atoms with Gasteiger partial charge in [0.2, 0.25) is 12.7 Å². The summed E-state index contributed by atoms with van der Waals surface area (Å²) in [5, 5.41) is 4.58. The van der Waals surface area contributed by atoms with Crippen molar-refractivity contribution in [3.63, 3.8) is 0 Å². The van der Waals surface area contributed by atoms with Crippen LogP contribution < -0.4 is 9.47 Å². The maximum absolute atomic E-state index is 5.71. The van der Waals surface area contributed by atoms with Crippen LogP contribution in [0, 0.1) is 4.84 Å². The van der Waals surface area contributed by atoms with Gasteiger partial charge < -0.3 is 13.9 Å². The minimum absolute atomic E-state index is 0.254. The highest BCUT2D eigenvalue weighted by molar-refractivity contribution is 7.71. The highest BCUT2D eigenvalue weighted by Crippen LogP contribution is 2.35. The minimum atomic E-state index is 0.254. The van der Waals surface area contributed by atoms with Crippen molar-refractivity contribution < 1.29 is 13.9 Å². The van der Waals surface area contributed by atoms with Crippen LogP contribution >= 0.6 is 12.2 Å². The fourth-order valence-corrected chi connectivity index (χ4v) is 3.60. The van der Waals surface area contributed by atoms with Crippen LogP contribution in [0.4, 0.5) is 0 Å². The van der Waals surface area contributed by atoms with E-state index in [0.29, 0.717) is 29.2 Å². The Morgan fingerprint density at radius 2 is 2.12 bits per heavy atom. The first-order chi connectivity index (χ1) is 11.7. The van der Waals surface area contributed by atoms with Crippen molar-refractivity contribution in [1.29, 1.82) is 0 Å². The van der Waals surface area contributed by atoms with Crippen LogP contribution in [0.2, 0.25) is 0 Å². The molecule has 0 radical (unpaired) electrons.